The molecular weight excluding hydrogens is 317 g/mol. The molecule has 1 heterocycles. The van der Waals surface area contributed by atoms with Gasteiger partial charge in [0.15, 0.2) is 0 Å². The van der Waals surface area contributed by atoms with Crippen LogP contribution in [0.5, 0.6) is 0 Å². The molecule has 1 N–H and O–H groups in total. The zero-order valence-electron chi connectivity index (χ0n) is 11.9. The van der Waals surface area contributed by atoms with Crippen molar-refractivity contribution >= 4 is 33.7 Å². The average Bonchev–Trinajstić information content (AvgIpc) is 2.85. The van der Waals surface area contributed by atoms with Crippen molar-refractivity contribution in [1.82, 2.24) is 9.99 Å². The summed E-state index contributed by atoms with van der Waals surface area (Å²) in [6.45, 7) is -0.141. The molecule has 0 spiro atoms. The molecular formula is C16H12FN3O2S. The first-order chi connectivity index (χ1) is 11.1. The number of aromatic nitrogens is 1. The highest BCUT2D eigenvalue weighted by Gasteiger charge is 2.10. The fourth-order valence-corrected chi connectivity index (χ4v) is 2.99. The molecule has 0 radical (unpaired) electrons. The lowest BCUT2D eigenvalue weighted by atomic mass is 10.2. The van der Waals surface area contributed by atoms with E-state index in [1.165, 1.54) is 16.8 Å². The van der Waals surface area contributed by atoms with Crippen LogP contribution >= 0.6 is 11.3 Å². The number of nitrogens with zero attached hydrogens (tertiary/aromatic N) is 2. The number of fused-ring (bicyclic) bond motifs is 1. The van der Waals surface area contributed by atoms with E-state index in [1.807, 2.05) is 12.1 Å². The molecule has 23 heavy (non-hydrogen) atoms. The molecule has 3 rings (SSSR count). The zero-order chi connectivity index (χ0) is 16.2. The second kappa shape index (κ2) is 6.53. The van der Waals surface area contributed by atoms with E-state index < -0.39 is 11.7 Å². The van der Waals surface area contributed by atoms with E-state index in [4.69, 9.17) is 0 Å². The maximum Gasteiger partial charge on any atom is 0.308 e. The smallest absolute Gasteiger partial charge is 0.289 e. The predicted octanol–water partition coefficient (Wildman–Crippen LogP) is 2.35. The van der Waals surface area contributed by atoms with E-state index in [-0.39, 0.29) is 17.0 Å². The van der Waals surface area contributed by atoms with Crippen LogP contribution in [0.15, 0.2) is 58.4 Å². The van der Waals surface area contributed by atoms with Crippen molar-refractivity contribution in [2.75, 3.05) is 0 Å². The minimum absolute atomic E-state index is 0.141. The first kappa shape index (κ1) is 15.1. The van der Waals surface area contributed by atoms with Gasteiger partial charge in [-0.05, 0) is 18.2 Å². The van der Waals surface area contributed by atoms with Crippen LogP contribution in [0, 0.1) is 5.82 Å². The summed E-state index contributed by atoms with van der Waals surface area (Å²) < 4.78 is 15.6. The summed E-state index contributed by atoms with van der Waals surface area (Å²) in [5.41, 5.74) is 3.27. The van der Waals surface area contributed by atoms with Gasteiger partial charge < -0.3 is 0 Å². The van der Waals surface area contributed by atoms with E-state index in [0.29, 0.717) is 5.52 Å². The molecule has 116 valence electrons. The highest BCUT2D eigenvalue weighted by atomic mass is 32.1. The molecule has 0 saturated carbocycles. The average molecular weight is 329 g/mol. The van der Waals surface area contributed by atoms with Gasteiger partial charge in [0.25, 0.3) is 5.91 Å². The number of benzene rings is 2. The molecule has 1 aromatic heterocycles. The molecule has 0 fully saturated rings. The van der Waals surface area contributed by atoms with Crippen LogP contribution < -0.4 is 10.3 Å². The largest absolute Gasteiger partial charge is 0.308 e. The Balaban J connectivity index is 1.71. The lowest BCUT2D eigenvalue weighted by Crippen LogP contribution is -2.27. The van der Waals surface area contributed by atoms with Gasteiger partial charge in [0.1, 0.15) is 12.4 Å². The minimum atomic E-state index is -0.455. The summed E-state index contributed by atoms with van der Waals surface area (Å²) in [6.07, 6.45) is 1.22. The van der Waals surface area contributed by atoms with Crippen molar-refractivity contribution in [2.24, 2.45) is 5.10 Å². The highest BCUT2D eigenvalue weighted by molar-refractivity contribution is 7.16. The third-order valence-corrected chi connectivity index (χ3v) is 4.13. The minimum Gasteiger partial charge on any atom is -0.289 e. The summed E-state index contributed by atoms with van der Waals surface area (Å²) in [5, 5.41) is 3.72. The third-order valence-electron chi connectivity index (χ3n) is 3.17. The first-order valence-corrected chi connectivity index (χ1v) is 7.61. The van der Waals surface area contributed by atoms with Crippen molar-refractivity contribution < 1.29 is 9.18 Å². The van der Waals surface area contributed by atoms with Gasteiger partial charge in [-0.15, -0.1) is 0 Å². The summed E-state index contributed by atoms with van der Waals surface area (Å²) in [4.78, 5) is 23.6. The van der Waals surface area contributed by atoms with E-state index >= 15 is 0 Å². The van der Waals surface area contributed by atoms with Crippen molar-refractivity contribution in [3.8, 4) is 0 Å². The quantitative estimate of drug-likeness (QED) is 0.590. The number of carbonyl (C=O) groups is 1. The summed E-state index contributed by atoms with van der Waals surface area (Å²) in [7, 11) is 0. The van der Waals surface area contributed by atoms with Gasteiger partial charge in [0.05, 0.1) is 16.4 Å². The van der Waals surface area contributed by atoms with Gasteiger partial charge in [-0.3, -0.25) is 14.2 Å². The van der Waals surface area contributed by atoms with Gasteiger partial charge in [-0.1, -0.05) is 41.7 Å². The van der Waals surface area contributed by atoms with Crippen LogP contribution in [0.4, 0.5) is 4.39 Å². The van der Waals surface area contributed by atoms with Crippen LogP contribution in [0.25, 0.3) is 10.2 Å². The molecule has 7 heteroatoms. The van der Waals surface area contributed by atoms with Crippen LogP contribution in [0.2, 0.25) is 0 Å². The maximum absolute atomic E-state index is 13.4. The van der Waals surface area contributed by atoms with Crippen LogP contribution in [0.1, 0.15) is 5.56 Å². The standard InChI is InChI=1S/C16H12FN3O2S/c17-12-6-2-1-5-11(12)9-18-19-15(21)10-20-13-7-3-4-8-14(13)23-16(20)22/h1-9H,10H2,(H,19,21)/b18-9+. The lowest BCUT2D eigenvalue weighted by Gasteiger charge is -2.02. The molecule has 1 amide bonds. The second-order valence-electron chi connectivity index (χ2n) is 4.74. The lowest BCUT2D eigenvalue weighted by molar-refractivity contribution is -0.121. The number of halogens is 1. The molecule has 0 aliphatic heterocycles. The monoisotopic (exact) mass is 329 g/mol. The number of thiazole rings is 1. The van der Waals surface area contributed by atoms with Gasteiger partial charge in [0.2, 0.25) is 0 Å². The zero-order valence-corrected chi connectivity index (χ0v) is 12.7. The Kier molecular flexibility index (Phi) is 4.29. The number of hydrogen-bond donors (Lipinski definition) is 1. The number of para-hydroxylation sites is 1. The number of nitrogens with one attached hydrogen (secondary N) is 1. The second-order valence-corrected chi connectivity index (χ2v) is 5.73. The van der Waals surface area contributed by atoms with E-state index in [0.717, 1.165) is 16.0 Å². The SMILES string of the molecule is O=C(Cn1c(=O)sc2ccccc21)N/N=C/c1ccccc1F. The Morgan fingerprint density at radius 1 is 1.22 bits per heavy atom. The van der Waals surface area contributed by atoms with Gasteiger partial charge in [-0.2, -0.15) is 5.10 Å². The van der Waals surface area contributed by atoms with Crippen LogP contribution in [0.3, 0.4) is 0 Å². The predicted molar refractivity (Wildman–Crippen MR) is 88.2 cm³/mol. The number of amides is 1. The summed E-state index contributed by atoms with van der Waals surface area (Å²) >= 11 is 1.08. The summed E-state index contributed by atoms with van der Waals surface area (Å²) in [5.74, 6) is -0.881. The molecule has 0 aliphatic carbocycles. The van der Waals surface area contributed by atoms with Gasteiger partial charge in [0, 0.05) is 5.56 Å². The topological polar surface area (TPSA) is 63.5 Å². The Hall–Kier alpha value is -2.80. The van der Waals surface area contributed by atoms with E-state index in [2.05, 4.69) is 10.5 Å². The molecule has 0 aliphatic rings. The molecule has 5 nitrogen and oxygen atoms in total. The van der Waals surface area contributed by atoms with Gasteiger partial charge >= 0.3 is 4.87 Å². The first-order valence-electron chi connectivity index (χ1n) is 6.80. The Bertz CT molecular complexity index is 946. The molecule has 0 atom stereocenters. The number of hydrogen-bond acceptors (Lipinski definition) is 4. The molecule has 0 unspecified atom stereocenters. The highest BCUT2D eigenvalue weighted by Crippen LogP contribution is 2.16. The van der Waals surface area contributed by atoms with Crippen molar-refractivity contribution in [3.05, 3.63) is 69.6 Å². The van der Waals surface area contributed by atoms with Crippen molar-refractivity contribution in [3.63, 3.8) is 0 Å². The maximum atomic E-state index is 13.4. The fraction of sp³-hybridized carbons (Fsp3) is 0.0625. The fourth-order valence-electron chi connectivity index (χ4n) is 2.10. The van der Waals surface area contributed by atoms with E-state index in [1.54, 1.807) is 30.3 Å². The van der Waals surface area contributed by atoms with Crippen molar-refractivity contribution in [1.29, 1.82) is 0 Å². The number of carbonyl (C=O) groups excluding carboxylic acids is 1. The normalized spacial score (nSPS) is 11.2. The van der Waals surface area contributed by atoms with Crippen molar-refractivity contribution in [2.45, 2.75) is 6.54 Å². The Labute approximate surface area is 134 Å². The molecule has 2 aromatic carbocycles. The van der Waals surface area contributed by atoms with Crippen LogP contribution in [-0.4, -0.2) is 16.7 Å². The Morgan fingerprint density at radius 2 is 1.96 bits per heavy atom. The van der Waals surface area contributed by atoms with Crippen LogP contribution in [-0.2, 0) is 11.3 Å². The Morgan fingerprint density at radius 3 is 2.78 bits per heavy atom. The number of rotatable bonds is 4. The molecule has 0 bridgehead atoms. The molecule has 0 saturated heterocycles. The summed E-state index contributed by atoms with van der Waals surface area (Å²) in [6, 6.07) is 13.3. The van der Waals surface area contributed by atoms with Gasteiger partial charge in [-0.25, -0.2) is 9.82 Å². The molecule has 3 aromatic rings. The third kappa shape index (κ3) is 3.35. The van der Waals surface area contributed by atoms with E-state index in [9.17, 15) is 14.0 Å². The number of hydrazone groups is 1.